The number of hydrogen-bond acceptors (Lipinski definition) is 5. The van der Waals surface area contributed by atoms with Crippen LogP contribution in [-0.2, 0) is 12.0 Å². The summed E-state index contributed by atoms with van der Waals surface area (Å²) in [4.78, 5) is 25.4. The van der Waals surface area contributed by atoms with Gasteiger partial charge >= 0.3 is 0 Å². The number of nitrogens with two attached hydrogens (primary N) is 1. The van der Waals surface area contributed by atoms with Crippen molar-refractivity contribution in [2.24, 2.45) is 5.73 Å². The zero-order valence-electron chi connectivity index (χ0n) is 14.1. The summed E-state index contributed by atoms with van der Waals surface area (Å²) in [6.45, 7) is 8.29. The zero-order valence-corrected chi connectivity index (χ0v) is 15.0. The monoisotopic (exact) mass is 347 g/mol. The Morgan fingerprint density at radius 3 is 2.62 bits per heavy atom. The second-order valence-corrected chi connectivity index (χ2v) is 8.24. The maximum Gasteiger partial charge on any atom is 0.291 e. The van der Waals surface area contributed by atoms with E-state index in [2.05, 4.69) is 38.3 Å². The molecule has 0 atom stereocenters. The van der Waals surface area contributed by atoms with E-state index in [1.807, 2.05) is 0 Å². The molecule has 0 radical (unpaired) electrons. The Bertz CT molecular complexity index is 803. The normalized spacial score (nSPS) is 18.0. The highest BCUT2D eigenvalue weighted by atomic mass is 32.1. The zero-order chi connectivity index (χ0) is 17.7. The molecule has 0 saturated heterocycles. The molecule has 7 heteroatoms. The third-order valence-corrected chi connectivity index (χ3v) is 5.53. The fraction of sp³-hybridized carbons (Fsp3) is 0.412. The predicted molar refractivity (Wildman–Crippen MR) is 93.4 cm³/mol. The summed E-state index contributed by atoms with van der Waals surface area (Å²) in [7, 11) is 0. The largest absolute Gasteiger partial charge is 0.459 e. The lowest BCUT2D eigenvalue weighted by Gasteiger charge is -2.42. The van der Waals surface area contributed by atoms with Gasteiger partial charge in [0.2, 0.25) is 0 Å². The van der Waals surface area contributed by atoms with E-state index in [0.717, 1.165) is 10.4 Å². The van der Waals surface area contributed by atoms with Gasteiger partial charge in [0.15, 0.2) is 5.76 Å². The lowest BCUT2D eigenvalue weighted by molar-refractivity contribution is 0.0997. The van der Waals surface area contributed by atoms with Gasteiger partial charge in [-0.1, -0.05) is 0 Å². The summed E-state index contributed by atoms with van der Waals surface area (Å²) in [5, 5.41) is 6.82. The second kappa shape index (κ2) is 5.46. The lowest BCUT2D eigenvalue weighted by atomic mass is 9.81. The van der Waals surface area contributed by atoms with Crippen LogP contribution < -0.4 is 16.4 Å². The number of primary amides is 1. The van der Waals surface area contributed by atoms with Gasteiger partial charge < -0.3 is 20.8 Å². The number of rotatable bonds is 3. The van der Waals surface area contributed by atoms with Crippen LogP contribution in [0.4, 0.5) is 5.00 Å². The highest BCUT2D eigenvalue weighted by Crippen LogP contribution is 2.44. The molecule has 0 bridgehead atoms. The Balaban J connectivity index is 2.07. The first-order valence-electron chi connectivity index (χ1n) is 7.71. The summed E-state index contributed by atoms with van der Waals surface area (Å²) in [6, 6.07) is 3.21. The molecule has 3 heterocycles. The number of furan rings is 1. The minimum absolute atomic E-state index is 0.177. The molecule has 3 rings (SSSR count). The Kier molecular flexibility index (Phi) is 3.80. The van der Waals surface area contributed by atoms with Crippen molar-refractivity contribution in [3.8, 4) is 0 Å². The third kappa shape index (κ3) is 2.85. The van der Waals surface area contributed by atoms with E-state index in [0.29, 0.717) is 17.0 Å². The Morgan fingerprint density at radius 1 is 1.33 bits per heavy atom. The molecule has 2 aromatic rings. The summed E-state index contributed by atoms with van der Waals surface area (Å²) in [6.07, 6.45) is 2.09. The van der Waals surface area contributed by atoms with Crippen LogP contribution in [-0.4, -0.2) is 17.4 Å². The number of carbonyl (C=O) groups excluding carboxylic acids is 2. The van der Waals surface area contributed by atoms with Gasteiger partial charge in [-0.2, -0.15) is 0 Å². The minimum Gasteiger partial charge on any atom is -0.459 e. The fourth-order valence-electron chi connectivity index (χ4n) is 3.45. The van der Waals surface area contributed by atoms with Crippen LogP contribution in [0, 0.1) is 0 Å². The topological polar surface area (TPSA) is 97.4 Å². The van der Waals surface area contributed by atoms with Crippen molar-refractivity contribution in [1.29, 1.82) is 0 Å². The molecule has 0 aliphatic carbocycles. The summed E-state index contributed by atoms with van der Waals surface area (Å²) in [5.74, 6) is -0.739. The number of carbonyl (C=O) groups is 2. The molecule has 0 spiro atoms. The summed E-state index contributed by atoms with van der Waals surface area (Å²) >= 11 is 1.39. The SMILES string of the molecule is CC1(C)Cc2c(sc(NC(=O)c3ccco3)c2C(N)=O)C(C)(C)N1. The van der Waals surface area contributed by atoms with E-state index in [1.54, 1.807) is 12.1 Å². The maximum absolute atomic E-state index is 12.3. The average molecular weight is 347 g/mol. The van der Waals surface area contributed by atoms with Crippen molar-refractivity contribution in [1.82, 2.24) is 5.32 Å². The first-order chi connectivity index (χ1) is 11.1. The number of anilines is 1. The van der Waals surface area contributed by atoms with Gasteiger partial charge in [0.05, 0.1) is 11.8 Å². The van der Waals surface area contributed by atoms with Crippen LogP contribution >= 0.6 is 11.3 Å². The first-order valence-corrected chi connectivity index (χ1v) is 8.52. The van der Waals surface area contributed by atoms with Crippen molar-refractivity contribution < 1.29 is 14.0 Å². The van der Waals surface area contributed by atoms with Crippen LogP contribution in [0.25, 0.3) is 0 Å². The van der Waals surface area contributed by atoms with Crippen molar-refractivity contribution in [3.63, 3.8) is 0 Å². The van der Waals surface area contributed by atoms with Gasteiger partial charge in [0, 0.05) is 16.0 Å². The molecular formula is C17H21N3O3S. The Morgan fingerprint density at radius 2 is 2.04 bits per heavy atom. The number of fused-ring (bicyclic) bond motifs is 1. The Hall–Kier alpha value is -2.12. The number of hydrogen-bond donors (Lipinski definition) is 3. The van der Waals surface area contributed by atoms with Crippen LogP contribution in [0.1, 0.15) is 59.0 Å². The van der Waals surface area contributed by atoms with E-state index in [1.165, 1.54) is 17.6 Å². The van der Waals surface area contributed by atoms with E-state index in [9.17, 15) is 9.59 Å². The van der Waals surface area contributed by atoms with E-state index in [-0.39, 0.29) is 16.8 Å². The van der Waals surface area contributed by atoms with Gasteiger partial charge in [-0.05, 0) is 51.8 Å². The summed E-state index contributed by atoms with van der Waals surface area (Å²) in [5.41, 5.74) is 6.44. The van der Waals surface area contributed by atoms with Crippen LogP contribution in [0.3, 0.4) is 0 Å². The smallest absolute Gasteiger partial charge is 0.291 e. The quantitative estimate of drug-likeness (QED) is 0.795. The summed E-state index contributed by atoms with van der Waals surface area (Å²) < 4.78 is 5.11. The third-order valence-electron chi connectivity index (χ3n) is 4.06. The molecule has 0 fully saturated rings. The van der Waals surface area contributed by atoms with Crippen molar-refractivity contribution in [2.75, 3.05) is 5.32 Å². The van der Waals surface area contributed by atoms with Gasteiger partial charge in [-0.15, -0.1) is 11.3 Å². The van der Waals surface area contributed by atoms with Gasteiger partial charge in [-0.3, -0.25) is 9.59 Å². The van der Waals surface area contributed by atoms with Crippen LogP contribution in [0.15, 0.2) is 22.8 Å². The first kappa shape index (κ1) is 16.7. The molecule has 2 aromatic heterocycles. The fourth-order valence-corrected chi connectivity index (χ4v) is 4.73. The molecule has 4 N–H and O–H groups in total. The van der Waals surface area contributed by atoms with Crippen molar-refractivity contribution in [3.05, 3.63) is 40.2 Å². The highest BCUT2D eigenvalue weighted by molar-refractivity contribution is 7.17. The second-order valence-electron chi connectivity index (χ2n) is 7.22. The maximum atomic E-state index is 12.3. The molecule has 2 amide bonds. The van der Waals surface area contributed by atoms with Crippen LogP contribution in [0.5, 0.6) is 0 Å². The van der Waals surface area contributed by atoms with Gasteiger partial charge in [-0.25, -0.2) is 0 Å². The number of thiophene rings is 1. The van der Waals surface area contributed by atoms with Crippen LogP contribution in [0.2, 0.25) is 0 Å². The van der Waals surface area contributed by atoms with Crippen molar-refractivity contribution >= 4 is 28.2 Å². The standard InChI is InChI=1S/C17H21N3O3S/c1-16(2)8-9-11(13(18)21)15(24-12(9)17(3,4)20-16)19-14(22)10-6-5-7-23-10/h5-7,20H,8H2,1-4H3,(H2,18,21)(H,19,22). The number of amides is 2. The Labute approximate surface area is 144 Å². The average Bonchev–Trinajstić information content (AvgIpc) is 3.03. The number of nitrogens with one attached hydrogen (secondary N) is 2. The molecule has 128 valence electrons. The van der Waals surface area contributed by atoms with Crippen molar-refractivity contribution in [2.45, 2.75) is 45.2 Å². The molecule has 0 saturated carbocycles. The molecule has 1 aliphatic heterocycles. The van der Waals surface area contributed by atoms with Gasteiger partial charge in [0.1, 0.15) is 5.00 Å². The molecule has 0 aromatic carbocycles. The molecule has 24 heavy (non-hydrogen) atoms. The molecular weight excluding hydrogens is 326 g/mol. The van der Waals surface area contributed by atoms with E-state index >= 15 is 0 Å². The molecule has 0 unspecified atom stereocenters. The molecule has 6 nitrogen and oxygen atoms in total. The minimum atomic E-state index is -0.532. The highest BCUT2D eigenvalue weighted by Gasteiger charge is 2.41. The molecule has 1 aliphatic rings. The van der Waals surface area contributed by atoms with E-state index in [4.69, 9.17) is 10.2 Å². The lowest BCUT2D eigenvalue weighted by Crippen LogP contribution is -2.55. The van der Waals surface area contributed by atoms with E-state index < -0.39 is 11.8 Å². The predicted octanol–water partition coefficient (Wildman–Crippen LogP) is 2.85. The van der Waals surface area contributed by atoms with Gasteiger partial charge in [0.25, 0.3) is 11.8 Å².